The molecule has 0 fully saturated rings. The molecule has 2 heterocycles. The molecule has 11 nitrogen and oxygen atoms in total. The van der Waals surface area contributed by atoms with E-state index in [1.54, 1.807) is 25.2 Å². The van der Waals surface area contributed by atoms with E-state index in [9.17, 15) is 22.9 Å². The number of benzene rings is 1. The predicted octanol–water partition coefficient (Wildman–Crippen LogP) is -0.302. The number of aromatic hydroxyl groups is 1. The first-order valence-electron chi connectivity index (χ1n) is 10.1. The summed E-state index contributed by atoms with van der Waals surface area (Å²) in [5.41, 5.74) is 2.15. The quantitative estimate of drug-likeness (QED) is 0.154. The zero-order valence-corrected chi connectivity index (χ0v) is 23.4. The molecule has 0 spiro atoms. The summed E-state index contributed by atoms with van der Waals surface area (Å²) in [5, 5.41) is 9.37. The molecular formula is C21H26N3NaO8S2. The Morgan fingerprint density at radius 1 is 1.34 bits per heavy atom. The third-order valence-corrected chi connectivity index (χ3v) is 6.96. The molecule has 1 aromatic carbocycles. The van der Waals surface area contributed by atoms with Gasteiger partial charge in [-0.1, -0.05) is 6.07 Å². The van der Waals surface area contributed by atoms with Crippen molar-refractivity contribution in [2.45, 2.75) is 24.6 Å². The van der Waals surface area contributed by atoms with Gasteiger partial charge in [0.25, 0.3) is 10.1 Å². The summed E-state index contributed by atoms with van der Waals surface area (Å²) in [6.07, 6.45) is 3.62. The van der Waals surface area contributed by atoms with E-state index in [0.717, 1.165) is 5.56 Å². The molecule has 1 atom stereocenters. The number of imidazole rings is 1. The smallest absolute Gasteiger partial charge is 1.00 e. The van der Waals surface area contributed by atoms with Gasteiger partial charge in [0.05, 0.1) is 13.7 Å². The van der Waals surface area contributed by atoms with Gasteiger partial charge in [-0.2, -0.15) is 8.42 Å². The molecule has 0 aliphatic heterocycles. The molecule has 186 valence electrons. The largest absolute Gasteiger partial charge is 1.00 e. The van der Waals surface area contributed by atoms with Crippen LogP contribution in [0.2, 0.25) is 0 Å². The van der Waals surface area contributed by atoms with E-state index in [-0.39, 0.29) is 72.8 Å². The van der Waals surface area contributed by atoms with Gasteiger partial charge in [-0.15, -0.1) is 0 Å². The molecule has 35 heavy (non-hydrogen) atoms. The Kier molecular flexibility index (Phi) is 10.3. The summed E-state index contributed by atoms with van der Waals surface area (Å²) in [5.74, 6) is -0.401. The number of methoxy groups -OCH3 is 2. The van der Waals surface area contributed by atoms with E-state index >= 15 is 0 Å². The molecule has 0 radical (unpaired) electrons. The number of aryl methyl sites for hydroxylation is 1. The fourth-order valence-electron chi connectivity index (χ4n) is 3.37. The van der Waals surface area contributed by atoms with Crippen LogP contribution in [0.3, 0.4) is 0 Å². The van der Waals surface area contributed by atoms with Crippen LogP contribution in [-0.2, 0) is 44.4 Å². The minimum atomic E-state index is -4.22. The molecule has 3 rings (SSSR count). The first-order valence-corrected chi connectivity index (χ1v) is 12.0. The number of rotatable bonds is 10. The summed E-state index contributed by atoms with van der Waals surface area (Å²) in [4.78, 5) is 16.1. The SMILES string of the molecule is COCC(CCc1ccc2nc(C=Cc3c(O)n(C)c(=S)n3CC(=O)OC)oc2c1)S(=O)(=O)O.[H-].[Na+]. The van der Waals surface area contributed by atoms with Gasteiger partial charge in [0, 0.05) is 20.2 Å². The molecule has 0 saturated heterocycles. The standard InChI is InChI=1S/C21H25N3O8S2.Na.H/c1-23-20(26)16(24(21(23)33)11-19(25)31-3)8-9-18-22-15-7-5-13(10-17(15)32-18)4-6-14(12-30-2)34(27,28)29;;/h5,7-10,14,26H,4,6,11-12H2,1-3H3,(H,27,28,29);;/q;+1;-1. The second-order valence-corrected chi connectivity index (χ2v) is 9.59. The van der Waals surface area contributed by atoms with E-state index in [1.165, 1.54) is 35.5 Å². The van der Waals surface area contributed by atoms with Crippen molar-refractivity contribution in [1.29, 1.82) is 0 Å². The normalized spacial score (nSPS) is 12.7. The Labute approximate surface area is 230 Å². The van der Waals surface area contributed by atoms with Crippen LogP contribution in [0.5, 0.6) is 5.88 Å². The number of fused-ring (bicyclic) bond motifs is 1. The van der Waals surface area contributed by atoms with Gasteiger partial charge in [0.15, 0.2) is 10.4 Å². The zero-order valence-electron chi connectivity index (χ0n) is 20.8. The monoisotopic (exact) mass is 535 g/mol. The fraction of sp³-hybridized carbons (Fsp3) is 0.381. The van der Waals surface area contributed by atoms with E-state index in [1.807, 2.05) is 0 Å². The van der Waals surface area contributed by atoms with E-state index in [2.05, 4.69) is 9.72 Å². The van der Waals surface area contributed by atoms with Crippen molar-refractivity contribution in [3.8, 4) is 5.88 Å². The molecule has 3 aromatic rings. The number of hydrogen-bond acceptors (Lipinski definition) is 9. The van der Waals surface area contributed by atoms with Crippen molar-refractivity contribution in [3.05, 3.63) is 40.1 Å². The van der Waals surface area contributed by atoms with Crippen LogP contribution in [0.4, 0.5) is 0 Å². The minimum absolute atomic E-state index is 0. The number of aromatic nitrogens is 3. The van der Waals surface area contributed by atoms with Gasteiger partial charge in [0.2, 0.25) is 11.8 Å². The summed E-state index contributed by atoms with van der Waals surface area (Å²) >= 11 is 5.27. The summed E-state index contributed by atoms with van der Waals surface area (Å²) in [7, 11) is -0.0136. The van der Waals surface area contributed by atoms with Crippen molar-refractivity contribution in [2.75, 3.05) is 20.8 Å². The zero-order chi connectivity index (χ0) is 25.0. The second-order valence-electron chi connectivity index (χ2n) is 7.53. The summed E-state index contributed by atoms with van der Waals surface area (Å²) in [6, 6.07) is 5.28. The molecule has 2 aromatic heterocycles. The van der Waals surface area contributed by atoms with Crippen LogP contribution in [-0.4, -0.2) is 64.2 Å². The predicted molar refractivity (Wildman–Crippen MR) is 128 cm³/mol. The van der Waals surface area contributed by atoms with Gasteiger partial charge in [-0.25, -0.2) is 4.98 Å². The van der Waals surface area contributed by atoms with Gasteiger partial charge < -0.3 is 25.0 Å². The van der Waals surface area contributed by atoms with Crippen LogP contribution in [0.1, 0.15) is 25.0 Å². The number of oxazole rings is 1. The van der Waals surface area contributed by atoms with Gasteiger partial charge in [-0.3, -0.25) is 13.9 Å². The molecule has 2 N–H and O–H groups in total. The van der Waals surface area contributed by atoms with Crippen LogP contribution in [0, 0.1) is 4.77 Å². The summed E-state index contributed by atoms with van der Waals surface area (Å²) < 4.78 is 50.7. The molecule has 0 bridgehead atoms. The number of carbonyl (C=O) groups is 1. The van der Waals surface area contributed by atoms with Crippen LogP contribution >= 0.6 is 12.2 Å². The number of ether oxygens (including phenoxy) is 2. The van der Waals surface area contributed by atoms with E-state index in [4.69, 9.17) is 21.4 Å². The number of hydrogen-bond donors (Lipinski definition) is 2. The topological polar surface area (TPSA) is 146 Å². The Morgan fingerprint density at radius 2 is 2.06 bits per heavy atom. The van der Waals surface area contributed by atoms with Crippen molar-refractivity contribution in [1.82, 2.24) is 14.1 Å². The van der Waals surface area contributed by atoms with Crippen molar-refractivity contribution < 1.29 is 67.7 Å². The van der Waals surface area contributed by atoms with Crippen molar-refractivity contribution >= 4 is 51.6 Å². The minimum Gasteiger partial charge on any atom is -1.00 e. The first kappa shape index (κ1) is 29.2. The van der Waals surface area contributed by atoms with E-state index in [0.29, 0.717) is 17.5 Å². The Balaban J connectivity index is 0.00000324. The van der Waals surface area contributed by atoms with Crippen molar-refractivity contribution in [3.63, 3.8) is 0 Å². The third-order valence-electron chi connectivity index (χ3n) is 5.25. The molecule has 0 amide bonds. The molecule has 0 saturated carbocycles. The Morgan fingerprint density at radius 3 is 2.69 bits per heavy atom. The maximum Gasteiger partial charge on any atom is 1.00 e. The van der Waals surface area contributed by atoms with Gasteiger partial charge >= 0.3 is 35.5 Å². The van der Waals surface area contributed by atoms with Crippen LogP contribution in [0.15, 0.2) is 22.6 Å². The van der Waals surface area contributed by atoms with Crippen LogP contribution in [0.25, 0.3) is 23.3 Å². The average molecular weight is 536 g/mol. The second kappa shape index (κ2) is 12.3. The Hall–Kier alpha value is -2.00. The van der Waals surface area contributed by atoms with Gasteiger partial charge in [0.1, 0.15) is 23.0 Å². The molecule has 0 aliphatic rings. The van der Waals surface area contributed by atoms with Crippen LogP contribution < -0.4 is 29.6 Å². The maximum atomic E-state index is 11.7. The maximum absolute atomic E-state index is 11.7. The number of carbonyl (C=O) groups excluding carboxylic acids is 1. The Bertz CT molecular complexity index is 1400. The van der Waals surface area contributed by atoms with Gasteiger partial charge in [-0.05, 0) is 48.8 Å². The summed E-state index contributed by atoms with van der Waals surface area (Å²) in [6.45, 7) is -0.277. The molecule has 14 heteroatoms. The molecule has 1 unspecified atom stereocenters. The third kappa shape index (κ3) is 7.03. The van der Waals surface area contributed by atoms with E-state index < -0.39 is 21.3 Å². The number of esters is 1. The molecule has 0 aliphatic carbocycles. The van der Waals surface area contributed by atoms with Crippen molar-refractivity contribution in [2.24, 2.45) is 7.05 Å². The number of nitrogens with zero attached hydrogens (tertiary/aromatic N) is 3. The average Bonchev–Trinajstić information content (AvgIpc) is 3.28. The fourth-order valence-corrected chi connectivity index (χ4v) is 4.35. The molecular weight excluding hydrogens is 509 g/mol. The first-order chi connectivity index (χ1) is 16.0.